The van der Waals surface area contributed by atoms with Gasteiger partial charge in [0, 0.05) is 0 Å². The lowest BCUT2D eigenvalue weighted by atomic mass is 10.1. The van der Waals surface area contributed by atoms with Crippen LogP contribution in [-0.2, 0) is 4.74 Å². The van der Waals surface area contributed by atoms with Crippen molar-refractivity contribution in [2.75, 3.05) is 0 Å². The van der Waals surface area contributed by atoms with E-state index in [1.54, 1.807) is 0 Å². The molecule has 0 saturated carbocycles. The van der Waals surface area contributed by atoms with Gasteiger partial charge in [0.1, 0.15) is 0 Å². The smallest absolute Gasteiger partial charge is 0.349 e. The first-order valence-corrected chi connectivity index (χ1v) is 3.66. The van der Waals surface area contributed by atoms with Crippen LogP contribution in [0.2, 0.25) is 0 Å². The zero-order valence-corrected chi connectivity index (χ0v) is 7.45. The normalized spacial score (nSPS) is 13.7. The molecule has 0 spiro atoms. The van der Waals surface area contributed by atoms with Gasteiger partial charge in [0.25, 0.3) is 0 Å². The third-order valence-corrected chi connectivity index (χ3v) is 1.51. The van der Waals surface area contributed by atoms with E-state index in [9.17, 15) is 35.1 Å². The predicted molar refractivity (Wildman–Crippen MR) is 37.0 cm³/mol. The molecule has 0 aliphatic rings. The van der Waals surface area contributed by atoms with E-state index in [1.165, 1.54) is 0 Å². The molecule has 16 heavy (non-hydrogen) atoms. The van der Waals surface area contributed by atoms with E-state index in [0.29, 0.717) is 0 Å². The van der Waals surface area contributed by atoms with E-state index in [-0.39, 0.29) is 6.26 Å². The highest BCUT2D eigenvalue weighted by atomic mass is 19.3. The van der Waals surface area contributed by atoms with Gasteiger partial charge in [0.15, 0.2) is 0 Å². The topological polar surface area (TPSA) is 9.23 Å². The number of halogens is 8. The minimum atomic E-state index is -5.42. The summed E-state index contributed by atoms with van der Waals surface area (Å²) < 4.78 is 100. The van der Waals surface area contributed by atoms with Crippen molar-refractivity contribution < 1.29 is 39.9 Å². The first-order chi connectivity index (χ1) is 7.08. The second-order valence-corrected chi connectivity index (χ2v) is 2.63. The van der Waals surface area contributed by atoms with Crippen LogP contribution in [0.3, 0.4) is 0 Å². The fraction of sp³-hybridized carbons (Fsp3) is 0.714. The Hall–Kier alpha value is -1.02. The molecule has 9 heteroatoms. The highest BCUT2D eigenvalue weighted by molar-refractivity contribution is 4.94. The van der Waals surface area contributed by atoms with Crippen LogP contribution in [-0.4, -0.2) is 30.8 Å². The minimum absolute atomic E-state index is 0.0305. The average molecular weight is 258 g/mol. The summed E-state index contributed by atoms with van der Waals surface area (Å²) >= 11 is 0. The molecule has 0 fully saturated rings. The van der Waals surface area contributed by atoms with Gasteiger partial charge in [0.2, 0.25) is 6.10 Å². The summed E-state index contributed by atoms with van der Waals surface area (Å²) in [5.41, 5.74) is 0. The Morgan fingerprint density at radius 1 is 0.875 bits per heavy atom. The molecule has 0 aromatic carbocycles. The highest BCUT2D eigenvalue weighted by Crippen LogP contribution is 2.40. The maximum absolute atomic E-state index is 12.5. The summed E-state index contributed by atoms with van der Waals surface area (Å²) in [6.07, 6.45) is -13.1. The summed E-state index contributed by atoms with van der Waals surface area (Å²) in [5, 5.41) is 0. The summed E-state index contributed by atoms with van der Waals surface area (Å²) in [7, 11) is 0. The lowest BCUT2D eigenvalue weighted by molar-refractivity contribution is -0.284. The van der Waals surface area contributed by atoms with E-state index in [1.807, 2.05) is 0 Å². The van der Waals surface area contributed by atoms with E-state index in [4.69, 9.17) is 0 Å². The molecule has 0 bridgehead atoms. The zero-order chi connectivity index (χ0) is 13.1. The van der Waals surface area contributed by atoms with Gasteiger partial charge in [-0.25, -0.2) is 17.6 Å². The average Bonchev–Trinajstić information content (AvgIpc) is 2.12. The molecular weight excluding hydrogens is 252 g/mol. The Kier molecular flexibility index (Phi) is 4.56. The Labute approximate surface area is 84.7 Å². The predicted octanol–water partition coefficient (Wildman–Crippen LogP) is 3.32. The molecule has 0 atom stereocenters. The fourth-order valence-corrected chi connectivity index (χ4v) is 0.763. The molecule has 0 aromatic rings. The molecule has 0 aliphatic heterocycles. The largest absolute Gasteiger partial charge is 0.485 e. The first kappa shape index (κ1) is 15.0. The van der Waals surface area contributed by atoms with E-state index in [2.05, 4.69) is 11.3 Å². The number of hydrogen-bond acceptors (Lipinski definition) is 1. The molecule has 0 saturated heterocycles. The second-order valence-electron chi connectivity index (χ2n) is 2.63. The third kappa shape index (κ3) is 2.76. The number of ether oxygens (including phenoxy) is 1. The Morgan fingerprint density at radius 3 is 1.38 bits per heavy atom. The summed E-state index contributed by atoms with van der Waals surface area (Å²) in [5.74, 6) is -10.8. The Morgan fingerprint density at radius 2 is 1.19 bits per heavy atom. The van der Waals surface area contributed by atoms with Crippen LogP contribution in [0.25, 0.3) is 0 Å². The van der Waals surface area contributed by atoms with E-state index < -0.39 is 30.8 Å². The lowest BCUT2D eigenvalue weighted by Gasteiger charge is -2.31. The third-order valence-electron chi connectivity index (χ3n) is 1.51. The van der Waals surface area contributed by atoms with Crippen LogP contribution >= 0.6 is 0 Å². The summed E-state index contributed by atoms with van der Waals surface area (Å²) in [6.45, 7) is 2.57. The zero-order valence-electron chi connectivity index (χ0n) is 7.45. The fourth-order valence-electron chi connectivity index (χ4n) is 0.763. The van der Waals surface area contributed by atoms with Gasteiger partial charge in [-0.1, -0.05) is 6.58 Å². The van der Waals surface area contributed by atoms with Gasteiger partial charge in [-0.15, -0.1) is 0 Å². The molecule has 0 unspecified atom stereocenters. The van der Waals surface area contributed by atoms with Gasteiger partial charge in [0.05, 0.1) is 6.26 Å². The van der Waals surface area contributed by atoms with Crippen molar-refractivity contribution in [3.63, 3.8) is 0 Å². The minimum Gasteiger partial charge on any atom is -0.485 e. The molecule has 0 aromatic heterocycles. The van der Waals surface area contributed by atoms with E-state index >= 15 is 0 Å². The highest BCUT2D eigenvalue weighted by Gasteiger charge is 2.65. The van der Waals surface area contributed by atoms with Crippen molar-refractivity contribution in [1.82, 2.24) is 0 Å². The van der Waals surface area contributed by atoms with Crippen LogP contribution in [0.1, 0.15) is 0 Å². The molecule has 0 aliphatic carbocycles. The van der Waals surface area contributed by atoms with Crippen LogP contribution in [0.4, 0.5) is 35.1 Å². The molecule has 0 rings (SSSR count). The van der Waals surface area contributed by atoms with Crippen LogP contribution < -0.4 is 0 Å². The summed E-state index contributed by atoms with van der Waals surface area (Å²) in [6, 6.07) is 0. The number of rotatable bonds is 6. The molecule has 96 valence electrons. The van der Waals surface area contributed by atoms with Crippen LogP contribution in [0.5, 0.6) is 0 Å². The lowest BCUT2D eigenvalue weighted by Crippen LogP contribution is -2.55. The van der Waals surface area contributed by atoms with Gasteiger partial charge in [-0.05, 0) is 0 Å². The van der Waals surface area contributed by atoms with Gasteiger partial charge in [-0.2, -0.15) is 17.6 Å². The number of hydrogen-bond donors (Lipinski definition) is 0. The van der Waals surface area contributed by atoms with Crippen LogP contribution in [0.15, 0.2) is 12.8 Å². The second kappa shape index (κ2) is 4.88. The molecule has 0 heterocycles. The van der Waals surface area contributed by atoms with Gasteiger partial charge >= 0.3 is 24.7 Å². The van der Waals surface area contributed by atoms with Crippen LogP contribution in [0, 0.1) is 0 Å². The first-order valence-electron chi connectivity index (χ1n) is 3.66. The quantitative estimate of drug-likeness (QED) is 0.524. The van der Waals surface area contributed by atoms with Crippen molar-refractivity contribution in [3.8, 4) is 0 Å². The van der Waals surface area contributed by atoms with Crippen molar-refractivity contribution >= 4 is 0 Å². The van der Waals surface area contributed by atoms with Gasteiger partial charge in [-0.3, -0.25) is 0 Å². The van der Waals surface area contributed by atoms with Crippen molar-refractivity contribution in [2.45, 2.75) is 30.8 Å². The molecule has 1 nitrogen and oxygen atoms in total. The maximum Gasteiger partial charge on any atom is 0.349 e. The van der Waals surface area contributed by atoms with Crippen molar-refractivity contribution in [1.29, 1.82) is 0 Å². The number of alkyl halides is 8. The Bertz CT molecular complexity index is 219. The molecule has 0 radical (unpaired) electrons. The van der Waals surface area contributed by atoms with E-state index in [0.717, 1.165) is 0 Å². The maximum atomic E-state index is 12.5. The van der Waals surface area contributed by atoms with Gasteiger partial charge < -0.3 is 4.74 Å². The molecular formula is C7H6F8O. The monoisotopic (exact) mass is 258 g/mol. The standard InChI is InChI=1S/C7H6F8O/c1-2-16-3(6(12,13)4(8)9)7(14,15)5(10)11/h2-5H,1H2. The Balaban J connectivity index is 5.22. The SMILES string of the molecule is C=COC(C(F)(F)C(F)F)C(F)(F)C(F)F. The molecule has 0 N–H and O–H groups in total. The van der Waals surface area contributed by atoms with Crippen molar-refractivity contribution in [3.05, 3.63) is 12.8 Å². The summed E-state index contributed by atoms with van der Waals surface area (Å²) in [4.78, 5) is 0. The van der Waals surface area contributed by atoms with Crippen molar-refractivity contribution in [2.24, 2.45) is 0 Å². The molecule has 0 amide bonds.